The summed E-state index contributed by atoms with van der Waals surface area (Å²) in [5.41, 5.74) is 3.06. The van der Waals surface area contributed by atoms with Crippen molar-refractivity contribution >= 4 is 17.6 Å². The molecule has 0 aliphatic carbocycles. The summed E-state index contributed by atoms with van der Waals surface area (Å²) in [6.45, 7) is 4.17. The number of aliphatic carboxylic acids is 1. The molecule has 0 atom stereocenters. The Bertz CT molecular complexity index is 1010. The van der Waals surface area contributed by atoms with Crippen molar-refractivity contribution in [3.63, 3.8) is 0 Å². The quantitative estimate of drug-likeness (QED) is 0.636. The lowest BCUT2D eigenvalue weighted by atomic mass is 10.2. The van der Waals surface area contributed by atoms with Gasteiger partial charge in [0.1, 0.15) is 11.5 Å². The highest BCUT2D eigenvalue weighted by atomic mass is 16.5. The minimum Gasteiger partial charge on any atom is -0.550 e. The number of rotatable bonds is 8. The van der Waals surface area contributed by atoms with Crippen molar-refractivity contribution in [1.29, 1.82) is 0 Å². The van der Waals surface area contributed by atoms with Crippen LogP contribution in [0.2, 0.25) is 0 Å². The second kappa shape index (κ2) is 9.05. The van der Waals surface area contributed by atoms with Gasteiger partial charge in [-0.2, -0.15) is 5.10 Å². The molecular formula is C22H22N3O4-. The third-order valence-corrected chi connectivity index (χ3v) is 4.41. The Morgan fingerprint density at radius 1 is 1.03 bits per heavy atom. The van der Waals surface area contributed by atoms with Crippen LogP contribution in [0, 0.1) is 13.8 Å². The Balaban J connectivity index is 1.71. The molecule has 0 bridgehead atoms. The molecule has 1 aromatic heterocycles. The van der Waals surface area contributed by atoms with Crippen LogP contribution < -0.4 is 15.2 Å². The van der Waals surface area contributed by atoms with Gasteiger partial charge in [0, 0.05) is 12.4 Å². The Kier molecular flexibility index (Phi) is 6.29. The highest BCUT2D eigenvalue weighted by molar-refractivity contribution is 5.93. The van der Waals surface area contributed by atoms with Gasteiger partial charge >= 0.3 is 0 Å². The van der Waals surface area contributed by atoms with Crippen LogP contribution in [0.4, 0.5) is 5.69 Å². The molecule has 0 saturated carbocycles. The molecule has 7 nitrogen and oxygen atoms in total. The zero-order valence-electron chi connectivity index (χ0n) is 16.3. The van der Waals surface area contributed by atoms with Gasteiger partial charge in [0.15, 0.2) is 0 Å². The number of hydrogen-bond donors (Lipinski definition) is 1. The molecule has 1 amide bonds. The minimum atomic E-state index is -1.25. The first-order valence-corrected chi connectivity index (χ1v) is 9.28. The van der Waals surface area contributed by atoms with Gasteiger partial charge in [-0.25, -0.2) is 0 Å². The van der Waals surface area contributed by atoms with Crippen molar-refractivity contribution in [1.82, 2.24) is 9.78 Å². The summed E-state index contributed by atoms with van der Waals surface area (Å²) >= 11 is 0. The van der Waals surface area contributed by atoms with E-state index in [1.54, 1.807) is 11.6 Å². The topological polar surface area (TPSA) is 96.3 Å². The van der Waals surface area contributed by atoms with Crippen molar-refractivity contribution in [2.45, 2.75) is 33.2 Å². The zero-order valence-corrected chi connectivity index (χ0v) is 16.3. The maximum atomic E-state index is 12.0. The highest BCUT2D eigenvalue weighted by Gasteiger charge is 2.14. The van der Waals surface area contributed by atoms with Crippen molar-refractivity contribution in [2.75, 3.05) is 5.32 Å². The van der Waals surface area contributed by atoms with Crippen LogP contribution in [0.1, 0.15) is 29.8 Å². The number of carboxylic acids is 1. The van der Waals surface area contributed by atoms with E-state index in [2.05, 4.69) is 10.4 Å². The van der Waals surface area contributed by atoms with Gasteiger partial charge in [-0.05, 0) is 50.1 Å². The fraction of sp³-hybridized carbons (Fsp3) is 0.227. The molecule has 0 saturated heterocycles. The fourth-order valence-corrected chi connectivity index (χ4v) is 2.95. The van der Waals surface area contributed by atoms with E-state index in [1.807, 2.05) is 61.5 Å². The van der Waals surface area contributed by atoms with Crippen molar-refractivity contribution in [3.8, 4) is 11.5 Å². The predicted molar refractivity (Wildman–Crippen MR) is 107 cm³/mol. The smallest absolute Gasteiger partial charge is 0.224 e. The molecule has 2 aromatic carbocycles. The first-order chi connectivity index (χ1) is 13.9. The number of anilines is 1. The van der Waals surface area contributed by atoms with E-state index < -0.39 is 5.97 Å². The van der Waals surface area contributed by atoms with Crippen LogP contribution in [0.3, 0.4) is 0 Å². The van der Waals surface area contributed by atoms with E-state index in [0.29, 0.717) is 17.9 Å². The fourth-order valence-electron chi connectivity index (χ4n) is 2.95. The van der Waals surface area contributed by atoms with Crippen molar-refractivity contribution in [2.24, 2.45) is 0 Å². The number of aromatic nitrogens is 2. The maximum Gasteiger partial charge on any atom is 0.224 e. The number of aryl methyl sites for hydroxylation is 1. The molecule has 0 radical (unpaired) electrons. The Morgan fingerprint density at radius 2 is 1.76 bits per heavy atom. The van der Waals surface area contributed by atoms with Crippen molar-refractivity contribution < 1.29 is 19.4 Å². The summed E-state index contributed by atoms with van der Waals surface area (Å²) in [4.78, 5) is 22.5. The minimum absolute atomic E-state index is 0.134. The van der Waals surface area contributed by atoms with E-state index in [4.69, 9.17) is 4.74 Å². The summed E-state index contributed by atoms with van der Waals surface area (Å²) in [6.07, 6.45) is -0.447. The van der Waals surface area contributed by atoms with Crippen LogP contribution in [-0.4, -0.2) is 21.7 Å². The molecule has 3 aromatic rings. The number of ether oxygens (including phenoxy) is 1. The van der Waals surface area contributed by atoms with Gasteiger partial charge in [0.05, 0.1) is 23.6 Å². The third-order valence-electron chi connectivity index (χ3n) is 4.41. The lowest BCUT2D eigenvalue weighted by molar-refractivity contribution is -0.305. The van der Waals surface area contributed by atoms with Crippen molar-refractivity contribution in [3.05, 3.63) is 71.5 Å². The van der Waals surface area contributed by atoms with E-state index in [1.165, 1.54) is 0 Å². The second-order valence-electron chi connectivity index (χ2n) is 6.69. The molecule has 1 heterocycles. The molecule has 0 aliphatic heterocycles. The molecule has 0 aliphatic rings. The number of para-hydroxylation sites is 1. The molecule has 0 spiro atoms. The number of nitrogens with zero attached hydrogens (tertiary/aromatic N) is 2. The van der Waals surface area contributed by atoms with E-state index in [-0.39, 0.29) is 18.7 Å². The number of carbonyl (C=O) groups excluding carboxylic acids is 2. The molecular weight excluding hydrogens is 370 g/mol. The lowest BCUT2D eigenvalue weighted by Gasteiger charge is -2.10. The number of amides is 1. The number of carbonyl (C=O) groups is 2. The first-order valence-electron chi connectivity index (χ1n) is 9.28. The summed E-state index contributed by atoms with van der Waals surface area (Å²) in [5.74, 6) is -0.136. The van der Waals surface area contributed by atoms with Crippen LogP contribution in [-0.2, 0) is 16.1 Å². The third kappa shape index (κ3) is 5.44. The molecule has 29 heavy (non-hydrogen) atoms. The largest absolute Gasteiger partial charge is 0.550 e. The molecule has 0 unspecified atom stereocenters. The van der Waals surface area contributed by atoms with Crippen LogP contribution >= 0.6 is 0 Å². The maximum absolute atomic E-state index is 12.0. The van der Waals surface area contributed by atoms with Gasteiger partial charge < -0.3 is 20.0 Å². The average molecular weight is 392 g/mol. The van der Waals surface area contributed by atoms with Gasteiger partial charge in [-0.3, -0.25) is 9.48 Å². The molecule has 7 heteroatoms. The van der Waals surface area contributed by atoms with Gasteiger partial charge in [-0.1, -0.05) is 30.3 Å². The lowest BCUT2D eigenvalue weighted by Crippen LogP contribution is -2.24. The van der Waals surface area contributed by atoms with E-state index in [9.17, 15) is 14.7 Å². The Labute approximate surface area is 168 Å². The average Bonchev–Trinajstić information content (AvgIpc) is 2.95. The number of benzene rings is 2. The molecule has 1 N–H and O–H groups in total. The number of hydrogen-bond acceptors (Lipinski definition) is 5. The predicted octanol–water partition coefficient (Wildman–Crippen LogP) is 2.81. The monoisotopic (exact) mass is 392 g/mol. The second-order valence-corrected chi connectivity index (χ2v) is 6.69. The first kappa shape index (κ1) is 20.1. The number of nitrogens with one attached hydrogen (secondary N) is 1. The number of carboxylic acid groups (broad SMARTS) is 1. The highest BCUT2D eigenvalue weighted by Crippen LogP contribution is 2.24. The summed E-state index contributed by atoms with van der Waals surface area (Å²) < 4.78 is 7.67. The molecule has 150 valence electrons. The van der Waals surface area contributed by atoms with Gasteiger partial charge in [-0.15, -0.1) is 0 Å². The van der Waals surface area contributed by atoms with Crippen LogP contribution in [0.5, 0.6) is 11.5 Å². The van der Waals surface area contributed by atoms with Gasteiger partial charge in [0.2, 0.25) is 5.91 Å². The Morgan fingerprint density at radius 3 is 2.48 bits per heavy atom. The SMILES string of the molecule is Cc1nn(Cc2cccc(Oc3ccccc3)c2)c(C)c1NC(=O)CCC(=O)[O-]. The summed E-state index contributed by atoms with van der Waals surface area (Å²) in [6, 6.07) is 17.3. The van der Waals surface area contributed by atoms with Crippen LogP contribution in [0.25, 0.3) is 0 Å². The Hall–Kier alpha value is -3.61. The van der Waals surface area contributed by atoms with Crippen LogP contribution in [0.15, 0.2) is 54.6 Å². The summed E-state index contributed by atoms with van der Waals surface area (Å²) in [7, 11) is 0. The van der Waals surface area contributed by atoms with Gasteiger partial charge in [0.25, 0.3) is 0 Å². The normalized spacial score (nSPS) is 10.6. The standard InChI is InChI=1S/C22H23N3O4/c1-15-22(23-20(26)11-12-21(27)28)16(2)25(24-15)14-17-7-6-10-19(13-17)29-18-8-4-3-5-9-18/h3-10,13H,11-12,14H2,1-2H3,(H,23,26)(H,27,28)/p-1. The summed E-state index contributed by atoms with van der Waals surface area (Å²) in [5, 5.41) is 17.8. The van der Waals surface area contributed by atoms with E-state index in [0.717, 1.165) is 22.8 Å². The molecule has 0 fully saturated rings. The van der Waals surface area contributed by atoms with E-state index >= 15 is 0 Å². The zero-order chi connectivity index (χ0) is 20.8. The molecule has 3 rings (SSSR count).